The van der Waals surface area contributed by atoms with Gasteiger partial charge in [0.05, 0.1) is 0 Å². The average molecular weight is 354 g/mol. The van der Waals surface area contributed by atoms with Crippen LogP contribution in [0.25, 0.3) is 0 Å². The Morgan fingerprint density at radius 1 is 0.696 bits per heavy atom. The van der Waals surface area contributed by atoms with Gasteiger partial charge in [-0.25, -0.2) is 0 Å². The van der Waals surface area contributed by atoms with Gasteiger partial charge in [-0.3, -0.25) is 0 Å². The summed E-state index contributed by atoms with van der Waals surface area (Å²) in [4.78, 5) is 0. The number of hydrogen-bond donors (Lipinski definition) is 0. The smallest absolute Gasteiger partial charge is 0.875 e. The van der Waals surface area contributed by atoms with Gasteiger partial charge in [0.25, 0.3) is 0 Å². The molecule has 0 aromatic rings. The van der Waals surface area contributed by atoms with Gasteiger partial charge in [-0.1, -0.05) is 88.1 Å². The standard InChI is InChI=1S/2C10H14O.Fe/c2*1-2-3-8-10(11)9-6-4-5-7-9;/h2*4-7,11H,2-3,8H2,1H3;/q;;+2/p-2. The molecule has 3 heteroatoms. The molecule has 0 amide bonds. The average Bonchev–Trinajstić information content (AvgIpc) is 3.23. The zero-order chi connectivity index (χ0) is 16.2. The number of allylic oxidation sites excluding steroid dienone is 12. The minimum Gasteiger partial charge on any atom is -0.875 e. The molecule has 0 fully saturated rings. The van der Waals surface area contributed by atoms with E-state index in [2.05, 4.69) is 13.8 Å². The van der Waals surface area contributed by atoms with Crippen molar-refractivity contribution in [3.8, 4) is 0 Å². The third-order valence-corrected chi connectivity index (χ3v) is 3.48. The van der Waals surface area contributed by atoms with Gasteiger partial charge in [0.1, 0.15) is 0 Å². The minimum absolute atomic E-state index is 0. The Bertz CT molecular complexity index is 444. The Morgan fingerprint density at radius 3 is 1.26 bits per heavy atom. The van der Waals surface area contributed by atoms with E-state index in [-0.39, 0.29) is 28.6 Å². The first-order valence-electron chi connectivity index (χ1n) is 8.18. The molecule has 0 aromatic heterocycles. The summed E-state index contributed by atoms with van der Waals surface area (Å²) in [5, 5.41) is 22.5. The van der Waals surface area contributed by atoms with Crippen molar-refractivity contribution < 1.29 is 27.3 Å². The Balaban J connectivity index is 0.000000403. The molecule has 0 unspecified atom stereocenters. The molecule has 0 heterocycles. The second kappa shape index (κ2) is 13.0. The summed E-state index contributed by atoms with van der Waals surface area (Å²) >= 11 is 0. The molecule has 126 valence electrons. The maximum atomic E-state index is 11.3. The molecule has 0 saturated carbocycles. The van der Waals surface area contributed by atoms with Gasteiger partial charge in [0.15, 0.2) is 0 Å². The van der Waals surface area contributed by atoms with Crippen molar-refractivity contribution in [1.82, 2.24) is 0 Å². The largest absolute Gasteiger partial charge is 2.00 e. The Kier molecular flexibility index (Phi) is 12.2. The number of rotatable bonds is 6. The van der Waals surface area contributed by atoms with Crippen LogP contribution in [0.1, 0.15) is 52.4 Å². The molecule has 0 radical (unpaired) electrons. The Hall–Kier alpha value is -1.44. The molecule has 23 heavy (non-hydrogen) atoms. The quantitative estimate of drug-likeness (QED) is 0.538. The van der Waals surface area contributed by atoms with Gasteiger partial charge in [0.2, 0.25) is 0 Å². The zero-order valence-electron chi connectivity index (χ0n) is 14.0. The molecule has 0 spiro atoms. The Labute approximate surface area is 151 Å². The van der Waals surface area contributed by atoms with E-state index >= 15 is 0 Å². The van der Waals surface area contributed by atoms with Gasteiger partial charge in [-0.15, -0.1) is 11.5 Å². The van der Waals surface area contributed by atoms with Crippen LogP contribution < -0.4 is 10.2 Å². The van der Waals surface area contributed by atoms with Gasteiger partial charge < -0.3 is 10.2 Å². The molecule has 2 nitrogen and oxygen atoms in total. The van der Waals surface area contributed by atoms with E-state index in [4.69, 9.17) is 0 Å². The SMILES string of the molecule is CCCCC([O-])=C1C=CC=C1.CCCCC([O-])=C1C=CC=C1.[Fe+2]. The summed E-state index contributed by atoms with van der Waals surface area (Å²) in [5.41, 5.74) is 1.72. The van der Waals surface area contributed by atoms with Gasteiger partial charge in [0, 0.05) is 0 Å². The molecule has 0 aliphatic heterocycles. The van der Waals surface area contributed by atoms with E-state index < -0.39 is 0 Å². The predicted octanol–water partition coefficient (Wildman–Crippen LogP) is 3.83. The van der Waals surface area contributed by atoms with E-state index in [1.807, 2.05) is 48.6 Å². The molecular weight excluding hydrogens is 328 g/mol. The van der Waals surface area contributed by atoms with Crippen LogP contribution in [0.2, 0.25) is 0 Å². The summed E-state index contributed by atoms with van der Waals surface area (Å²) < 4.78 is 0. The second-order valence-corrected chi connectivity index (χ2v) is 5.40. The number of hydrogen-bond acceptors (Lipinski definition) is 2. The van der Waals surface area contributed by atoms with Crippen LogP contribution in [-0.2, 0) is 17.1 Å². The molecular formula is C20H26FeO2. The van der Waals surface area contributed by atoms with Crippen molar-refractivity contribution in [3.63, 3.8) is 0 Å². The van der Waals surface area contributed by atoms with Crippen molar-refractivity contribution in [1.29, 1.82) is 0 Å². The molecule has 0 aromatic carbocycles. The summed E-state index contributed by atoms with van der Waals surface area (Å²) in [6, 6.07) is 0. The normalized spacial score (nSPS) is 13.8. The monoisotopic (exact) mass is 354 g/mol. The van der Waals surface area contributed by atoms with Gasteiger partial charge in [-0.05, 0) is 24.0 Å². The first-order chi connectivity index (χ1) is 10.7. The van der Waals surface area contributed by atoms with Crippen LogP contribution in [0.15, 0.2) is 71.3 Å². The van der Waals surface area contributed by atoms with E-state index in [0.717, 1.165) is 36.8 Å². The molecule has 0 bridgehead atoms. The van der Waals surface area contributed by atoms with Crippen LogP contribution in [0.3, 0.4) is 0 Å². The summed E-state index contributed by atoms with van der Waals surface area (Å²) in [6.07, 6.45) is 20.7. The van der Waals surface area contributed by atoms with Crippen LogP contribution in [-0.4, -0.2) is 0 Å². The molecule has 0 atom stereocenters. The number of unbranched alkanes of at least 4 members (excludes halogenated alkanes) is 2. The Morgan fingerprint density at radius 2 is 1.00 bits per heavy atom. The first-order valence-corrected chi connectivity index (χ1v) is 8.18. The van der Waals surface area contributed by atoms with Crippen molar-refractivity contribution in [2.75, 3.05) is 0 Å². The van der Waals surface area contributed by atoms with Crippen LogP contribution in [0, 0.1) is 0 Å². The van der Waals surface area contributed by atoms with E-state index in [0.29, 0.717) is 12.8 Å². The molecule has 2 aliphatic carbocycles. The minimum atomic E-state index is 0. The third-order valence-electron chi connectivity index (χ3n) is 3.48. The predicted molar refractivity (Wildman–Crippen MR) is 89.7 cm³/mol. The molecule has 2 rings (SSSR count). The van der Waals surface area contributed by atoms with Crippen molar-refractivity contribution in [2.45, 2.75) is 52.4 Å². The fourth-order valence-electron chi connectivity index (χ4n) is 2.08. The zero-order valence-corrected chi connectivity index (χ0v) is 15.1. The van der Waals surface area contributed by atoms with Crippen molar-refractivity contribution in [3.05, 3.63) is 71.3 Å². The van der Waals surface area contributed by atoms with E-state index in [1.54, 1.807) is 0 Å². The van der Waals surface area contributed by atoms with E-state index in [1.165, 1.54) is 0 Å². The summed E-state index contributed by atoms with van der Waals surface area (Å²) in [5.74, 6) is 0.550. The van der Waals surface area contributed by atoms with Crippen LogP contribution in [0.5, 0.6) is 0 Å². The summed E-state index contributed by atoms with van der Waals surface area (Å²) in [7, 11) is 0. The summed E-state index contributed by atoms with van der Waals surface area (Å²) in [6.45, 7) is 4.19. The van der Waals surface area contributed by atoms with Crippen LogP contribution >= 0.6 is 0 Å². The van der Waals surface area contributed by atoms with Crippen LogP contribution in [0.4, 0.5) is 0 Å². The van der Waals surface area contributed by atoms with Gasteiger partial charge >= 0.3 is 17.1 Å². The molecule has 2 aliphatic rings. The third kappa shape index (κ3) is 8.68. The van der Waals surface area contributed by atoms with Crippen molar-refractivity contribution in [2.24, 2.45) is 0 Å². The first kappa shape index (κ1) is 21.6. The molecule has 0 N–H and O–H groups in total. The molecule has 0 saturated heterocycles. The maximum absolute atomic E-state index is 11.3. The van der Waals surface area contributed by atoms with E-state index in [9.17, 15) is 10.2 Å². The van der Waals surface area contributed by atoms with Crippen molar-refractivity contribution >= 4 is 0 Å². The second-order valence-electron chi connectivity index (χ2n) is 5.40. The fourth-order valence-corrected chi connectivity index (χ4v) is 2.08. The van der Waals surface area contributed by atoms with Gasteiger partial charge in [-0.2, -0.15) is 0 Å². The fraction of sp³-hybridized carbons (Fsp3) is 0.400. The maximum Gasteiger partial charge on any atom is 2.00 e. The topological polar surface area (TPSA) is 46.1 Å².